The first-order valence-corrected chi connectivity index (χ1v) is 8.78. The zero-order valence-electron chi connectivity index (χ0n) is 13.6. The standard InChI is InChI=1S/C16H21N5OS/c1-10(2)13-6-4-5-7-14(13)17-15(22)11(3)23-16-18-19-20-21(16)12-8-9-12/h4-7,10-12H,8-9H2,1-3H3,(H,17,22). The van der Waals surface area contributed by atoms with Crippen LogP contribution in [-0.2, 0) is 4.79 Å². The molecule has 7 heteroatoms. The maximum Gasteiger partial charge on any atom is 0.237 e. The van der Waals surface area contributed by atoms with Gasteiger partial charge in [0.2, 0.25) is 11.1 Å². The lowest BCUT2D eigenvalue weighted by Crippen LogP contribution is -2.23. The number of aromatic nitrogens is 4. The van der Waals surface area contributed by atoms with Gasteiger partial charge in [-0.25, -0.2) is 4.68 Å². The number of hydrogen-bond donors (Lipinski definition) is 1. The second kappa shape index (κ2) is 6.70. The monoisotopic (exact) mass is 331 g/mol. The molecular weight excluding hydrogens is 310 g/mol. The highest BCUT2D eigenvalue weighted by Crippen LogP contribution is 2.37. The summed E-state index contributed by atoms with van der Waals surface area (Å²) in [5, 5.41) is 15.3. The molecule has 0 bridgehead atoms. The van der Waals surface area contributed by atoms with Crippen LogP contribution in [0.2, 0.25) is 0 Å². The zero-order valence-corrected chi connectivity index (χ0v) is 14.4. The molecule has 0 spiro atoms. The fourth-order valence-electron chi connectivity index (χ4n) is 2.37. The van der Waals surface area contributed by atoms with Crippen LogP contribution in [0.15, 0.2) is 29.4 Å². The minimum absolute atomic E-state index is 0.0338. The summed E-state index contributed by atoms with van der Waals surface area (Å²) in [5.41, 5.74) is 2.02. The van der Waals surface area contributed by atoms with Gasteiger partial charge in [0, 0.05) is 5.69 Å². The molecule has 0 radical (unpaired) electrons. The molecule has 122 valence electrons. The summed E-state index contributed by atoms with van der Waals surface area (Å²) in [6.07, 6.45) is 2.22. The SMILES string of the molecule is CC(Sc1nnnn1C1CC1)C(=O)Nc1ccccc1C(C)C. The van der Waals surface area contributed by atoms with Gasteiger partial charge >= 0.3 is 0 Å². The Balaban J connectivity index is 1.67. The van der Waals surface area contributed by atoms with Crippen molar-refractivity contribution in [1.82, 2.24) is 20.2 Å². The molecule has 0 aliphatic heterocycles. The number of hydrogen-bond acceptors (Lipinski definition) is 5. The van der Waals surface area contributed by atoms with Crippen LogP contribution in [0.5, 0.6) is 0 Å². The molecule has 1 fully saturated rings. The third-order valence-corrected chi connectivity index (χ3v) is 4.89. The Morgan fingerprint density at radius 3 is 2.74 bits per heavy atom. The molecule has 1 saturated carbocycles. The Bertz CT molecular complexity index is 695. The number of carbonyl (C=O) groups is 1. The Morgan fingerprint density at radius 1 is 1.30 bits per heavy atom. The number of nitrogens with zero attached hydrogens (tertiary/aromatic N) is 4. The number of tetrazole rings is 1. The number of carbonyl (C=O) groups excluding carboxylic acids is 1. The summed E-state index contributed by atoms with van der Waals surface area (Å²) < 4.78 is 1.83. The number of benzene rings is 1. The van der Waals surface area contributed by atoms with Crippen LogP contribution in [0, 0.1) is 0 Å². The molecule has 1 aliphatic rings. The molecule has 1 heterocycles. The molecule has 1 atom stereocenters. The van der Waals surface area contributed by atoms with Crippen molar-refractivity contribution in [2.75, 3.05) is 5.32 Å². The molecule has 3 rings (SSSR count). The maximum atomic E-state index is 12.5. The normalized spacial score (nSPS) is 15.7. The second-order valence-electron chi connectivity index (χ2n) is 6.13. The quantitative estimate of drug-likeness (QED) is 0.823. The van der Waals surface area contributed by atoms with Gasteiger partial charge in [-0.3, -0.25) is 4.79 Å². The molecule has 1 aromatic heterocycles. The highest BCUT2D eigenvalue weighted by Gasteiger charge is 2.29. The summed E-state index contributed by atoms with van der Waals surface area (Å²) >= 11 is 1.40. The fraction of sp³-hybridized carbons (Fsp3) is 0.500. The van der Waals surface area contributed by atoms with Crippen LogP contribution in [0.3, 0.4) is 0 Å². The molecule has 1 aromatic carbocycles. The van der Waals surface area contributed by atoms with E-state index in [-0.39, 0.29) is 11.2 Å². The summed E-state index contributed by atoms with van der Waals surface area (Å²) in [5.74, 6) is 0.324. The van der Waals surface area contributed by atoms with Gasteiger partial charge in [-0.2, -0.15) is 0 Å². The predicted octanol–water partition coefficient (Wildman–Crippen LogP) is 3.25. The van der Waals surface area contributed by atoms with Gasteiger partial charge in [-0.1, -0.05) is 43.8 Å². The Kier molecular flexibility index (Phi) is 4.66. The van der Waals surface area contributed by atoms with Crippen molar-refractivity contribution in [2.24, 2.45) is 0 Å². The van der Waals surface area contributed by atoms with Crippen molar-refractivity contribution in [3.05, 3.63) is 29.8 Å². The van der Waals surface area contributed by atoms with Gasteiger partial charge < -0.3 is 5.32 Å². The third-order valence-electron chi connectivity index (χ3n) is 3.85. The van der Waals surface area contributed by atoms with Crippen molar-refractivity contribution >= 4 is 23.4 Å². The van der Waals surface area contributed by atoms with Crippen molar-refractivity contribution in [2.45, 2.75) is 56.0 Å². The molecule has 1 unspecified atom stereocenters. The average Bonchev–Trinajstić information content (AvgIpc) is 3.27. The van der Waals surface area contributed by atoms with E-state index < -0.39 is 0 Å². The molecule has 2 aromatic rings. The minimum Gasteiger partial charge on any atom is -0.325 e. The third kappa shape index (κ3) is 3.72. The molecular formula is C16H21N5OS. The summed E-state index contributed by atoms with van der Waals surface area (Å²) in [6.45, 7) is 6.11. The predicted molar refractivity (Wildman–Crippen MR) is 90.6 cm³/mol. The second-order valence-corrected chi connectivity index (χ2v) is 7.44. The van der Waals surface area contributed by atoms with E-state index in [1.807, 2.05) is 35.9 Å². The first kappa shape index (κ1) is 16.0. The molecule has 23 heavy (non-hydrogen) atoms. The topological polar surface area (TPSA) is 72.7 Å². The Hall–Kier alpha value is -1.89. The van der Waals surface area contributed by atoms with E-state index in [9.17, 15) is 4.79 Å². The number of rotatable bonds is 6. The summed E-state index contributed by atoms with van der Waals surface area (Å²) in [6, 6.07) is 8.33. The van der Waals surface area contributed by atoms with Crippen LogP contribution in [-0.4, -0.2) is 31.4 Å². The van der Waals surface area contributed by atoms with Crippen LogP contribution >= 0.6 is 11.8 Å². The highest BCUT2D eigenvalue weighted by molar-refractivity contribution is 8.00. The Morgan fingerprint density at radius 2 is 2.04 bits per heavy atom. The van der Waals surface area contributed by atoms with Gasteiger partial charge in [0.25, 0.3) is 0 Å². The average molecular weight is 331 g/mol. The first-order valence-electron chi connectivity index (χ1n) is 7.90. The number of thioether (sulfide) groups is 1. The number of amides is 1. The van der Waals surface area contributed by atoms with E-state index in [0.29, 0.717) is 17.1 Å². The molecule has 1 N–H and O–H groups in total. The summed E-state index contributed by atoms with van der Waals surface area (Å²) in [4.78, 5) is 12.5. The van der Waals surface area contributed by atoms with Gasteiger partial charge in [-0.05, 0) is 47.7 Å². The van der Waals surface area contributed by atoms with Crippen molar-refractivity contribution in [3.8, 4) is 0 Å². The van der Waals surface area contributed by atoms with Crippen LogP contribution < -0.4 is 5.32 Å². The van der Waals surface area contributed by atoms with E-state index in [0.717, 1.165) is 24.1 Å². The Labute approximate surface area is 140 Å². The van der Waals surface area contributed by atoms with E-state index in [1.165, 1.54) is 11.8 Å². The lowest BCUT2D eigenvalue weighted by Gasteiger charge is -2.16. The summed E-state index contributed by atoms with van der Waals surface area (Å²) in [7, 11) is 0. The lowest BCUT2D eigenvalue weighted by molar-refractivity contribution is -0.115. The van der Waals surface area contributed by atoms with E-state index in [4.69, 9.17) is 0 Å². The molecule has 6 nitrogen and oxygen atoms in total. The first-order chi connectivity index (χ1) is 11.1. The van der Waals surface area contributed by atoms with E-state index >= 15 is 0 Å². The molecule has 1 aliphatic carbocycles. The number of para-hydroxylation sites is 1. The van der Waals surface area contributed by atoms with Gasteiger partial charge in [0.1, 0.15) is 0 Å². The highest BCUT2D eigenvalue weighted by atomic mass is 32.2. The smallest absolute Gasteiger partial charge is 0.237 e. The van der Waals surface area contributed by atoms with Gasteiger partial charge in [0.05, 0.1) is 11.3 Å². The van der Waals surface area contributed by atoms with E-state index in [2.05, 4.69) is 34.7 Å². The molecule has 0 saturated heterocycles. The minimum atomic E-state index is -0.265. The van der Waals surface area contributed by atoms with Crippen molar-refractivity contribution in [1.29, 1.82) is 0 Å². The van der Waals surface area contributed by atoms with Crippen LogP contribution in [0.25, 0.3) is 0 Å². The van der Waals surface area contributed by atoms with Crippen LogP contribution in [0.1, 0.15) is 51.1 Å². The number of anilines is 1. The van der Waals surface area contributed by atoms with Crippen molar-refractivity contribution < 1.29 is 4.79 Å². The van der Waals surface area contributed by atoms with Crippen LogP contribution in [0.4, 0.5) is 5.69 Å². The molecule has 1 amide bonds. The van der Waals surface area contributed by atoms with Gasteiger partial charge in [0.15, 0.2) is 0 Å². The largest absolute Gasteiger partial charge is 0.325 e. The van der Waals surface area contributed by atoms with Crippen molar-refractivity contribution in [3.63, 3.8) is 0 Å². The number of nitrogens with one attached hydrogen (secondary N) is 1. The van der Waals surface area contributed by atoms with E-state index in [1.54, 1.807) is 0 Å². The maximum absolute atomic E-state index is 12.5. The lowest BCUT2D eigenvalue weighted by atomic mass is 10.0. The van der Waals surface area contributed by atoms with Gasteiger partial charge in [-0.15, -0.1) is 5.10 Å². The zero-order chi connectivity index (χ0) is 16.4. The fourth-order valence-corrected chi connectivity index (χ4v) is 3.23.